The number of amides is 1. The van der Waals surface area contributed by atoms with E-state index in [4.69, 9.17) is 0 Å². The van der Waals surface area contributed by atoms with Gasteiger partial charge in [0.15, 0.2) is 0 Å². The summed E-state index contributed by atoms with van der Waals surface area (Å²) in [6.07, 6.45) is 0. The zero-order valence-corrected chi connectivity index (χ0v) is 12.4. The molecule has 0 spiro atoms. The molecule has 3 rings (SSSR count). The van der Waals surface area contributed by atoms with Gasteiger partial charge in [0, 0.05) is 11.3 Å². The highest BCUT2D eigenvalue weighted by atomic mass is 32.1. The standard InChI is InChI=1S/C17H14N2OS/c1-12-18-15(13-8-4-2-5-9-13)16(21-12)17(20)19-14-10-6-3-7-11-14/h2-11H,1H3,(H,19,20). The molecule has 0 aliphatic heterocycles. The molecule has 4 heteroatoms. The number of carbonyl (C=O) groups is 1. The third kappa shape index (κ3) is 3.01. The van der Waals surface area contributed by atoms with E-state index in [2.05, 4.69) is 10.3 Å². The molecule has 0 saturated carbocycles. The van der Waals surface area contributed by atoms with Crippen LogP contribution in [0.3, 0.4) is 0 Å². The van der Waals surface area contributed by atoms with Crippen molar-refractivity contribution in [1.82, 2.24) is 4.98 Å². The SMILES string of the molecule is Cc1nc(-c2ccccc2)c(C(=O)Nc2ccccc2)s1. The normalized spacial score (nSPS) is 10.3. The van der Waals surface area contributed by atoms with E-state index in [9.17, 15) is 4.79 Å². The lowest BCUT2D eigenvalue weighted by molar-refractivity contribution is 0.103. The summed E-state index contributed by atoms with van der Waals surface area (Å²) in [5.41, 5.74) is 2.49. The molecular weight excluding hydrogens is 280 g/mol. The Morgan fingerprint density at radius 2 is 1.62 bits per heavy atom. The van der Waals surface area contributed by atoms with Crippen LogP contribution in [0.2, 0.25) is 0 Å². The molecule has 0 aliphatic rings. The van der Waals surface area contributed by atoms with Crippen LogP contribution in [-0.4, -0.2) is 10.9 Å². The van der Waals surface area contributed by atoms with E-state index >= 15 is 0 Å². The van der Waals surface area contributed by atoms with Crippen LogP contribution in [0.1, 0.15) is 14.7 Å². The second kappa shape index (κ2) is 5.89. The van der Waals surface area contributed by atoms with E-state index in [0.717, 1.165) is 22.0 Å². The van der Waals surface area contributed by atoms with E-state index in [1.54, 1.807) is 0 Å². The van der Waals surface area contributed by atoms with Gasteiger partial charge < -0.3 is 5.32 Å². The maximum atomic E-state index is 12.5. The smallest absolute Gasteiger partial charge is 0.268 e. The zero-order chi connectivity index (χ0) is 14.7. The first-order chi connectivity index (χ1) is 10.2. The summed E-state index contributed by atoms with van der Waals surface area (Å²) in [6.45, 7) is 1.91. The van der Waals surface area contributed by atoms with Crippen molar-refractivity contribution < 1.29 is 4.79 Å². The van der Waals surface area contributed by atoms with Crippen LogP contribution < -0.4 is 5.32 Å². The Labute approximate surface area is 127 Å². The molecule has 2 aromatic carbocycles. The fraction of sp³-hybridized carbons (Fsp3) is 0.0588. The highest BCUT2D eigenvalue weighted by Gasteiger charge is 2.18. The second-order valence-electron chi connectivity index (χ2n) is 4.60. The van der Waals surface area contributed by atoms with E-state index in [0.29, 0.717) is 4.88 Å². The molecule has 21 heavy (non-hydrogen) atoms. The molecule has 0 bridgehead atoms. The molecule has 0 radical (unpaired) electrons. The van der Waals surface area contributed by atoms with Crippen LogP contribution >= 0.6 is 11.3 Å². The molecule has 1 heterocycles. The first kappa shape index (κ1) is 13.5. The number of carbonyl (C=O) groups excluding carboxylic acids is 1. The van der Waals surface area contributed by atoms with Gasteiger partial charge in [-0.1, -0.05) is 48.5 Å². The highest BCUT2D eigenvalue weighted by molar-refractivity contribution is 7.14. The number of rotatable bonds is 3. The highest BCUT2D eigenvalue weighted by Crippen LogP contribution is 2.28. The molecule has 1 aromatic heterocycles. The number of aryl methyl sites for hydroxylation is 1. The minimum absolute atomic E-state index is 0.120. The minimum atomic E-state index is -0.120. The number of benzene rings is 2. The number of para-hydroxylation sites is 1. The van der Waals surface area contributed by atoms with Gasteiger partial charge >= 0.3 is 0 Å². The Bertz CT molecular complexity index is 751. The van der Waals surface area contributed by atoms with Gasteiger partial charge in [0.2, 0.25) is 0 Å². The molecule has 0 atom stereocenters. The average molecular weight is 294 g/mol. The summed E-state index contributed by atoms with van der Waals surface area (Å²) in [5, 5.41) is 3.79. The monoisotopic (exact) mass is 294 g/mol. The minimum Gasteiger partial charge on any atom is -0.321 e. The Balaban J connectivity index is 1.94. The number of hydrogen-bond donors (Lipinski definition) is 1. The Morgan fingerprint density at radius 3 is 2.29 bits per heavy atom. The van der Waals surface area contributed by atoms with Crippen molar-refractivity contribution in [2.45, 2.75) is 6.92 Å². The van der Waals surface area contributed by atoms with Crippen molar-refractivity contribution in [2.75, 3.05) is 5.32 Å². The van der Waals surface area contributed by atoms with Crippen molar-refractivity contribution in [3.05, 3.63) is 70.5 Å². The molecule has 1 N–H and O–H groups in total. The summed E-state index contributed by atoms with van der Waals surface area (Å²) in [7, 11) is 0. The quantitative estimate of drug-likeness (QED) is 0.779. The van der Waals surface area contributed by atoms with Gasteiger partial charge in [0.05, 0.1) is 10.7 Å². The Hall–Kier alpha value is -2.46. The largest absolute Gasteiger partial charge is 0.321 e. The first-order valence-corrected chi connectivity index (χ1v) is 7.45. The Morgan fingerprint density at radius 1 is 1.00 bits per heavy atom. The third-order valence-corrected chi connectivity index (χ3v) is 3.99. The third-order valence-electron chi connectivity index (χ3n) is 3.02. The van der Waals surface area contributed by atoms with Crippen LogP contribution in [0, 0.1) is 6.92 Å². The summed E-state index contributed by atoms with van der Waals surface area (Å²) < 4.78 is 0. The lowest BCUT2D eigenvalue weighted by Gasteiger charge is -2.05. The fourth-order valence-electron chi connectivity index (χ4n) is 2.08. The molecule has 0 aliphatic carbocycles. The fourth-order valence-corrected chi connectivity index (χ4v) is 2.92. The van der Waals surface area contributed by atoms with Crippen LogP contribution in [-0.2, 0) is 0 Å². The first-order valence-electron chi connectivity index (χ1n) is 6.63. The molecule has 3 aromatic rings. The van der Waals surface area contributed by atoms with Gasteiger partial charge in [-0.05, 0) is 19.1 Å². The average Bonchev–Trinajstić information content (AvgIpc) is 2.91. The summed E-state index contributed by atoms with van der Waals surface area (Å²) in [4.78, 5) is 17.6. The van der Waals surface area contributed by atoms with E-state index in [-0.39, 0.29) is 5.91 Å². The maximum Gasteiger partial charge on any atom is 0.268 e. The van der Waals surface area contributed by atoms with Crippen molar-refractivity contribution in [3.63, 3.8) is 0 Å². The molecule has 0 saturated heterocycles. The lowest BCUT2D eigenvalue weighted by atomic mass is 10.1. The molecule has 0 fully saturated rings. The van der Waals surface area contributed by atoms with Gasteiger partial charge in [-0.3, -0.25) is 4.79 Å². The van der Waals surface area contributed by atoms with Crippen molar-refractivity contribution >= 4 is 22.9 Å². The maximum absolute atomic E-state index is 12.5. The van der Waals surface area contributed by atoms with Gasteiger partial charge in [-0.25, -0.2) is 4.98 Å². The summed E-state index contributed by atoms with van der Waals surface area (Å²) in [5.74, 6) is -0.120. The number of nitrogens with zero attached hydrogens (tertiary/aromatic N) is 1. The molecule has 0 unspecified atom stereocenters. The number of thiazole rings is 1. The topological polar surface area (TPSA) is 42.0 Å². The van der Waals surface area contributed by atoms with Crippen LogP contribution in [0.4, 0.5) is 5.69 Å². The number of aromatic nitrogens is 1. The zero-order valence-electron chi connectivity index (χ0n) is 11.5. The molecule has 1 amide bonds. The molecular formula is C17H14N2OS. The lowest BCUT2D eigenvalue weighted by Crippen LogP contribution is -2.11. The van der Waals surface area contributed by atoms with Crippen LogP contribution in [0.15, 0.2) is 60.7 Å². The van der Waals surface area contributed by atoms with Gasteiger partial charge in [-0.15, -0.1) is 11.3 Å². The van der Waals surface area contributed by atoms with Gasteiger partial charge in [0.1, 0.15) is 4.88 Å². The summed E-state index contributed by atoms with van der Waals surface area (Å²) in [6, 6.07) is 19.2. The molecule has 3 nitrogen and oxygen atoms in total. The summed E-state index contributed by atoms with van der Waals surface area (Å²) >= 11 is 1.41. The second-order valence-corrected chi connectivity index (χ2v) is 5.80. The van der Waals surface area contributed by atoms with Crippen molar-refractivity contribution in [1.29, 1.82) is 0 Å². The van der Waals surface area contributed by atoms with E-state index in [1.165, 1.54) is 11.3 Å². The number of anilines is 1. The van der Waals surface area contributed by atoms with E-state index in [1.807, 2.05) is 67.6 Å². The van der Waals surface area contributed by atoms with Gasteiger partial charge in [0.25, 0.3) is 5.91 Å². The van der Waals surface area contributed by atoms with Crippen molar-refractivity contribution in [2.24, 2.45) is 0 Å². The van der Waals surface area contributed by atoms with Crippen LogP contribution in [0.25, 0.3) is 11.3 Å². The Kier molecular flexibility index (Phi) is 3.79. The predicted molar refractivity (Wildman–Crippen MR) is 86.7 cm³/mol. The molecule has 104 valence electrons. The number of nitrogens with one attached hydrogen (secondary N) is 1. The van der Waals surface area contributed by atoms with Crippen LogP contribution in [0.5, 0.6) is 0 Å². The number of hydrogen-bond acceptors (Lipinski definition) is 3. The van der Waals surface area contributed by atoms with E-state index < -0.39 is 0 Å². The van der Waals surface area contributed by atoms with Gasteiger partial charge in [-0.2, -0.15) is 0 Å². The van der Waals surface area contributed by atoms with Crippen molar-refractivity contribution in [3.8, 4) is 11.3 Å². The predicted octanol–water partition coefficient (Wildman–Crippen LogP) is 4.37.